The van der Waals surface area contributed by atoms with Gasteiger partial charge in [-0.15, -0.1) is 0 Å². The van der Waals surface area contributed by atoms with Crippen molar-refractivity contribution in [1.29, 1.82) is 0 Å². The van der Waals surface area contributed by atoms with Crippen LogP contribution in [0.25, 0.3) is 0 Å². The maximum Gasteiger partial charge on any atom is 0.00111 e. The summed E-state index contributed by atoms with van der Waals surface area (Å²) < 4.78 is 0. The molecule has 1 heteroatoms. The first kappa shape index (κ1) is 12.6. The molecule has 0 atom stereocenters. The number of benzene rings is 1. The van der Waals surface area contributed by atoms with Gasteiger partial charge in [0.25, 0.3) is 0 Å². The molecular weight excluding hydrogens is 206 g/mol. The van der Waals surface area contributed by atoms with Crippen molar-refractivity contribution in [2.75, 3.05) is 13.1 Å². The quantitative estimate of drug-likeness (QED) is 0.789. The molecule has 94 valence electrons. The SMILES string of the molecule is Cc1ccc(CC2(CNCC(C)C)CC2)cc1. The molecule has 1 saturated carbocycles. The maximum atomic E-state index is 3.62. The zero-order chi connectivity index (χ0) is 12.3. The summed E-state index contributed by atoms with van der Waals surface area (Å²) in [5, 5.41) is 3.62. The lowest BCUT2D eigenvalue weighted by Gasteiger charge is -2.17. The first-order valence-corrected chi connectivity index (χ1v) is 6.86. The van der Waals surface area contributed by atoms with Gasteiger partial charge in [-0.1, -0.05) is 43.7 Å². The standard InChI is InChI=1S/C16H25N/c1-13(2)11-17-12-16(8-9-16)10-15-6-4-14(3)5-7-15/h4-7,13,17H,8-12H2,1-3H3. The molecule has 1 nitrogen and oxygen atoms in total. The van der Waals surface area contributed by atoms with Crippen molar-refractivity contribution < 1.29 is 0 Å². The van der Waals surface area contributed by atoms with Gasteiger partial charge in [0.1, 0.15) is 0 Å². The molecular formula is C16H25N. The Kier molecular flexibility index (Phi) is 3.88. The Morgan fingerprint density at radius 2 is 1.82 bits per heavy atom. The summed E-state index contributed by atoms with van der Waals surface area (Å²) in [5.41, 5.74) is 3.43. The van der Waals surface area contributed by atoms with E-state index >= 15 is 0 Å². The van der Waals surface area contributed by atoms with Crippen LogP contribution >= 0.6 is 0 Å². The smallest absolute Gasteiger partial charge is 0.00111 e. The summed E-state index contributed by atoms with van der Waals surface area (Å²) in [6.45, 7) is 9.04. The molecule has 0 saturated heterocycles. The molecule has 0 spiro atoms. The van der Waals surface area contributed by atoms with Crippen LogP contribution in [0.4, 0.5) is 0 Å². The lowest BCUT2D eigenvalue weighted by molar-refractivity contribution is 0.432. The van der Waals surface area contributed by atoms with Crippen molar-refractivity contribution in [1.82, 2.24) is 5.32 Å². The van der Waals surface area contributed by atoms with E-state index in [0.717, 1.165) is 12.5 Å². The molecule has 17 heavy (non-hydrogen) atoms. The van der Waals surface area contributed by atoms with E-state index in [9.17, 15) is 0 Å². The van der Waals surface area contributed by atoms with Crippen LogP contribution in [0, 0.1) is 18.3 Å². The fourth-order valence-electron chi connectivity index (χ4n) is 2.36. The lowest BCUT2D eigenvalue weighted by atomic mass is 9.95. The van der Waals surface area contributed by atoms with Crippen LogP contribution in [-0.4, -0.2) is 13.1 Å². The maximum absolute atomic E-state index is 3.62. The van der Waals surface area contributed by atoms with E-state index in [1.807, 2.05) is 0 Å². The summed E-state index contributed by atoms with van der Waals surface area (Å²) in [7, 11) is 0. The zero-order valence-corrected chi connectivity index (χ0v) is 11.4. The van der Waals surface area contributed by atoms with Crippen LogP contribution in [0.5, 0.6) is 0 Å². The van der Waals surface area contributed by atoms with E-state index < -0.39 is 0 Å². The van der Waals surface area contributed by atoms with Crippen molar-refractivity contribution in [3.8, 4) is 0 Å². The average molecular weight is 231 g/mol. The fraction of sp³-hybridized carbons (Fsp3) is 0.625. The predicted octanol–water partition coefficient (Wildman–Crippen LogP) is 3.56. The van der Waals surface area contributed by atoms with E-state index in [0.29, 0.717) is 5.41 Å². The van der Waals surface area contributed by atoms with Crippen LogP contribution < -0.4 is 5.32 Å². The van der Waals surface area contributed by atoms with E-state index in [1.54, 1.807) is 0 Å². The van der Waals surface area contributed by atoms with Gasteiger partial charge in [0.2, 0.25) is 0 Å². The molecule has 1 aromatic carbocycles. The third-order valence-electron chi connectivity index (χ3n) is 3.71. The third kappa shape index (κ3) is 3.85. The van der Waals surface area contributed by atoms with E-state index in [4.69, 9.17) is 0 Å². The van der Waals surface area contributed by atoms with Crippen molar-refractivity contribution >= 4 is 0 Å². The Labute approximate surface area is 106 Å². The molecule has 0 aromatic heterocycles. The Bertz CT molecular complexity index is 346. The molecule has 1 fully saturated rings. The predicted molar refractivity (Wildman–Crippen MR) is 74.3 cm³/mol. The van der Waals surface area contributed by atoms with Crippen molar-refractivity contribution in [2.45, 2.75) is 40.0 Å². The molecule has 0 bridgehead atoms. The van der Waals surface area contributed by atoms with Crippen LogP contribution in [0.15, 0.2) is 24.3 Å². The minimum atomic E-state index is 0.574. The van der Waals surface area contributed by atoms with E-state index in [2.05, 4.69) is 50.4 Å². The zero-order valence-electron chi connectivity index (χ0n) is 11.4. The molecule has 1 aliphatic carbocycles. The van der Waals surface area contributed by atoms with Crippen molar-refractivity contribution in [3.05, 3.63) is 35.4 Å². The van der Waals surface area contributed by atoms with Gasteiger partial charge in [0.05, 0.1) is 0 Å². The number of aryl methyl sites for hydroxylation is 1. The number of nitrogens with one attached hydrogen (secondary N) is 1. The van der Waals surface area contributed by atoms with Gasteiger partial charge < -0.3 is 5.32 Å². The molecule has 2 rings (SSSR count). The molecule has 1 N–H and O–H groups in total. The summed E-state index contributed by atoms with van der Waals surface area (Å²) in [5.74, 6) is 0.755. The van der Waals surface area contributed by atoms with Gasteiger partial charge >= 0.3 is 0 Å². The van der Waals surface area contributed by atoms with Gasteiger partial charge in [-0.3, -0.25) is 0 Å². The number of hydrogen-bond donors (Lipinski definition) is 1. The Morgan fingerprint density at radius 3 is 2.35 bits per heavy atom. The molecule has 0 aliphatic heterocycles. The minimum absolute atomic E-state index is 0.574. The normalized spacial score (nSPS) is 17.4. The summed E-state index contributed by atoms with van der Waals surface area (Å²) in [6.07, 6.45) is 4.04. The van der Waals surface area contributed by atoms with Crippen LogP contribution in [-0.2, 0) is 6.42 Å². The van der Waals surface area contributed by atoms with Crippen molar-refractivity contribution in [3.63, 3.8) is 0 Å². The van der Waals surface area contributed by atoms with Crippen LogP contribution in [0.3, 0.4) is 0 Å². The van der Waals surface area contributed by atoms with Gasteiger partial charge in [-0.2, -0.15) is 0 Å². The van der Waals surface area contributed by atoms with Gasteiger partial charge in [0.15, 0.2) is 0 Å². The van der Waals surface area contributed by atoms with Crippen molar-refractivity contribution in [2.24, 2.45) is 11.3 Å². The first-order chi connectivity index (χ1) is 8.10. The summed E-state index contributed by atoms with van der Waals surface area (Å²) >= 11 is 0. The summed E-state index contributed by atoms with van der Waals surface area (Å²) in [6, 6.07) is 9.04. The molecule has 1 aliphatic rings. The molecule has 0 unspecified atom stereocenters. The van der Waals surface area contributed by atoms with Gasteiger partial charge in [-0.25, -0.2) is 0 Å². The van der Waals surface area contributed by atoms with Crippen LogP contribution in [0.1, 0.15) is 37.8 Å². The van der Waals surface area contributed by atoms with E-state index in [-0.39, 0.29) is 0 Å². The second kappa shape index (κ2) is 5.22. The van der Waals surface area contributed by atoms with E-state index in [1.165, 1.54) is 36.9 Å². The molecule has 1 aromatic rings. The Hall–Kier alpha value is -0.820. The average Bonchev–Trinajstić information content (AvgIpc) is 3.01. The second-order valence-corrected chi connectivity index (χ2v) is 6.19. The largest absolute Gasteiger partial charge is 0.316 e. The van der Waals surface area contributed by atoms with Gasteiger partial charge in [-0.05, 0) is 49.6 Å². The second-order valence-electron chi connectivity index (χ2n) is 6.19. The highest BCUT2D eigenvalue weighted by atomic mass is 14.9. The minimum Gasteiger partial charge on any atom is -0.316 e. The van der Waals surface area contributed by atoms with Gasteiger partial charge in [0, 0.05) is 6.54 Å². The highest BCUT2D eigenvalue weighted by molar-refractivity contribution is 5.23. The Balaban J connectivity index is 1.83. The Morgan fingerprint density at radius 1 is 1.18 bits per heavy atom. The summed E-state index contributed by atoms with van der Waals surface area (Å²) in [4.78, 5) is 0. The fourth-order valence-corrected chi connectivity index (χ4v) is 2.36. The first-order valence-electron chi connectivity index (χ1n) is 6.86. The monoisotopic (exact) mass is 231 g/mol. The number of rotatable bonds is 6. The number of hydrogen-bond acceptors (Lipinski definition) is 1. The third-order valence-corrected chi connectivity index (χ3v) is 3.71. The topological polar surface area (TPSA) is 12.0 Å². The molecule has 0 amide bonds. The highest BCUT2D eigenvalue weighted by Gasteiger charge is 2.41. The lowest BCUT2D eigenvalue weighted by Crippen LogP contribution is -2.28. The molecule has 0 radical (unpaired) electrons. The highest BCUT2D eigenvalue weighted by Crippen LogP contribution is 2.47. The molecule has 0 heterocycles. The van der Waals surface area contributed by atoms with Crippen LogP contribution in [0.2, 0.25) is 0 Å².